The Bertz CT molecular complexity index is 970. The molecule has 1 atom stereocenters. The lowest BCUT2D eigenvalue weighted by atomic mass is 9.82. The summed E-state index contributed by atoms with van der Waals surface area (Å²) in [6.45, 7) is 4.58. The van der Waals surface area contributed by atoms with Gasteiger partial charge in [-0.05, 0) is 87.4 Å². The molecular weight excluding hydrogens is 428 g/mol. The fourth-order valence-corrected chi connectivity index (χ4v) is 4.45. The average molecular weight is 459 g/mol. The zero-order chi connectivity index (χ0) is 23.3. The molecule has 32 heavy (non-hydrogen) atoms. The molecule has 1 fully saturated rings. The van der Waals surface area contributed by atoms with Crippen molar-refractivity contribution in [3.05, 3.63) is 58.1 Å². The molecule has 2 aromatic rings. The van der Waals surface area contributed by atoms with Crippen molar-refractivity contribution in [3.63, 3.8) is 0 Å². The summed E-state index contributed by atoms with van der Waals surface area (Å²) in [4.78, 5) is 23.7. The highest BCUT2D eigenvalue weighted by Gasteiger charge is 2.26. The van der Waals surface area contributed by atoms with Crippen molar-refractivity contribution in [2.75, 3.05) is 19.0 Å². The van der Waals surface area contributed by atoms with E-state index in [9.17, 15) is 9.59 Å². The van der Waals surface area contributed by atoms with Crippen LogP contribution in [0.1, 0.15) is 60.1 Å². The molecule has 0 spiro atoms. The van der Waals surface area contributed by atoms with Gasteiger partial charge in [0.2, 0.25) is 0 Å². The Balaban J connectivity index is 1.58. The van der Waals surface area contributed by atoms with Crippen LogP contribution in [0.15, 0.2) is 36.4 Å². The van der Waals surface area contributed by atoms with Crippen molar-refractivity contribution in [3.8, 4) is 5.75 Å². The highest BCUT2D eigenvalue weighted by atomic mass is 35.5. The molecule has 1 aliphatic rings. The maximum absolute atomic E-state index is 12.6. The second-order valence-electron chi connectivity index (χ2n) is 8.55. The summed E-state index contributed by atoms with van der Waals surface area (Å²) in [5.41, 5.74) is 3.47. The minimum absolute atomic E-state index is 0.0389. The normalized spacial score (nSPS) is 19.1. The quantitative estimate of drug-likeness (QED) is 0.489. The smallest absolute Gasteiger partial charge is 0.306 e. The SMILES string of the molecule is COc1ccc(Cl)cc1[C@H](C)Nc1ccc(C(=O)NCC2CCC(C(=O)O)CC2)cc1C. The first-order valence-corrected chi connectivity index (χ1v) is 11.4. The number of carboxylic acid groups (broad SMARTS) is 1. The molecule has 6 nitrogen and oxygen atoms in total. The minimum atomic E-state index is -0.709. The molecular formula is C25H31ClN2O4. The number of benzene rings is 2. The van der Waals surface area contributed by atoms with E-state index in [1.165, 1.54) is 0 Å². The van der Waals surface area contributed by atoms with Gasteiger partial charge in [-0.3, -0.25) is 9.59 Å². The van der Waals surface area contributed by atoms with Gasteiger partial charge in [-0.2, -0.15) is 0 Å². The van der Waals surface area contributed by atoms with E-state index < -0.39 is 5.97 Å². The molecule has 0 aliphatic heterocycles. The summed E-state index contributed by atoms with van der Waals surface area (Å²) in [7, 11) is 1.63. The summed E-state index contributed by atoms with van der Waals surface area (Å²) in [5, 5.41) is 16.2. The van der Waals surface area contributed by atoms with Crippen molar-refractivity contribution in [2.24, 2.45) is 11.8 Å². The van der Waals surface area contributed by atoms with E-state index in [1.54, 1.807) is 13.2 Å². The lowest BCUT2D eigenvalue weighted by molar-refractivity contribution is -0.143. The summed E-state index contributed by atoms with van der Waals surface area (Å²) < 4.78 is 5.45. The van der Waals surface area contributed by atoms with Crippen LogP contribution in [0.4, 0.5) is 5.69 Å². The number of halogens is 1. The third-order valence-corrected chi connectivity index (χ3v) is 6.50. The van der Waals surface area contributed by atoms with E-state index in [4.69, 9.17) is 21.4 Å². The van der Waals surface area contributed by atoms with E-state index in [0.29, 0.717) is 35.9 Å². The van der Waals surface area contributed by atoms with Crippen LogP contribution in [-0.2, 0) is 4.79 Å². The Hall–Kier alpha value is -2.73. The molecule has 7 heteroatoms. The van der Waals surface area contributed by atoms with Crippen LogP contribution in [0.25, 0.3) is 0 Å². The first-order chi connectivity index (χ1) is 15.3. The highest BCUT2D eigenvalue weighted by Crippen LogP contribution is 2.32. The van der Waals surface area contributed by atoms with Crippen LogP contribution in [0.5, 0.6) is 5.75 Å². The Morgan fingerprint density at radius 2 is 1.88 bits per heavy atom. The number of methoxy groups -OCH3 is 1. The van der Waals surface area contributed by atoms with Crippen LogP contribution >= 0.6 is 11.6 Å². The number of amides is 1. The zero-order valence-corrected chi connectivity index (χ0v) is 19.5. The topological polar surface area (TPSA) is 87.7 Å². The number of aliphatic carboxylic acids is 1. The van der Waals surface area contributed by atoms with Gasteiger partial charge in [-0.15, -0.1) is 0 Å². The van der Waals surface area contributed by atoms with Crippen LogP contribution < -0.4 is 15.4 Å². The van der Waals surface area contributed by atoms with Crippen molar-refractivity contribution < 1.29 is 19.4 Å². The Kier molecular flexibility index (Phi) is 8.02. The number of carbonyl (C=O) groups is 2. The van der Waals surface area contributed by atoms with E-state index in [0.717, 1.165) is 35.4 Å². The summed E-state index contributed by atoms with van der Waals surface area (Å²) in [5.74, 6) is 0.0498. The van der Waals surface area contributed by atoms with E-state index in [-0.39, 0.29) is 17.9 Å². The third-order valence-electron chi connectivity index (χ3n) is 6.27. The van der Waals surface area contributed by atoms with Gasteiger partial charge in [0.25, 0.3) is 5.91 Å². The first kappa shape index (κ1) is 23.9. The maximum atomic E-state index is 12.6. The molecule has 3 N–H and O–H groups in total. The Morgan fingerprint density at radius 3 is 2.50 bits per heavy atom. The number of carboxylic acids is 1. The van der Waals surface area contributed by atoms with E-state index in [2.05, 4.69) is 10.6 Å². The standard InChI is InChI=1S/C25H31ClN2O4/c1-15-12-19(24(29)27-14-17-4-6-18(7-5-17)25(30)31)8-10-22(15)28-16(2)21-13-20(26)9-11-23(21)32-3/h8-13,16-18,28H,4-7,14H2,1-3H3,(H,27,29)(H,30,31)/t16-,17?,18?/m0/s1. The Morgan fingerprint density at radius 1 is 1.16 bits per heavy atom. The largest absolute Gasteiger partial charge is 0.496 e. The van der Waals surface area contributed by atoms with E-state index >= 15 is 0 Å². The molecule has 1 aliphatic carbocycles. The monoisotopic (exact) mass is 458 g/mol. The number of aryl methyl sites for hydroxylation is 1. The van der Waals surface area contributed by atoms with Gasteiger partial charge in [0.05, 0.1) is 19.1 Å². The lowest BCUT2D eigenvalue weighted by Crippen LogP contribution is -2.32. The maximum Gasteiger partial charge on any atom is 0.306 e. The highest BCUT2D eigenvalue weighted by molar-refractivity contribution is 6.30. The zero-order valence-electron chi connectivity index (χ0n) is 18.8. The minimum Gasteiger partial charge on any atom is -0.496 e. The number of anilines is 1. The number of nitrogens with one attached hydrogen (secondary N) is 2. The van der Waals surface area contributed by atoms with Crippen LogP contribution in [0, 0.1) is 18.8 Å². The van der Waals surface area contributed by atoms with Crippen molar-refractivity contribution in [2.45, 2.75) is 45.6 Å². The van der Waals surface area contributed by atoms with Crippen molar-refractivity contribution in [1.29, 1.82) is 0 Å². The van der Waals surface area contributed by atoms with Crippen LogP contribution in [0.3, 0.4) is 0 Å². The average Bonchev–Trinajstić information content (AvgIpc) is 2.78. The lowest BCUT2D eigenvalue weighted by Gasteiger charge is -2.26. The molecule has 2 aromatic carbocycles. The molecule has 0 bridgehead atoms. The number of carbonyl (C=O) groups excluding carboxylic acids is 1. The van der Waals surface area contributed by atoms with Gasteiger partial charge >= 0.3 is 5.97 Å². The molecule has 0 aromatic heterocycles. The van der Waals surface area contributed by atoms with Crippen molar-refractivity contribution in [1.82, 2.24) is 5.32 Å². The second kappa shape index (κ2) is 10.7. The number of ether oxygens (including phenoxy) is 1. The third kappa shape index (κ3) is 5.94. The van der Waals surface area contributed by atoms with Gasteiger partial charge in [-0.25, -0.2) is 0 Å². The predicted octanol–water partition coefficient (Wildman–Crippen LogP) is 5.45. The Labute approximate surface area is 194 Å². The van der Waals surface area contributed by atoms with E-state index in [1.807, 2.05) is 44.2 Å². The summed E-state index contributed by atoms with van der Waals surface area (Å²) >= 11 is 6.16. The fraction of sp³-hybridized carbons (Fsp3) is 0.440. The molecule has 3 rings (SSSR count). The summed E-state index contributed by atoms with van der Waals surface area (Å²) in [6.07, 6.45) is 3.05. The number of hydrogen-bond donors (Lipinski definition) is 3. The van der Waals surface area contributed by atoms with Gasteiger partial charge in [-0.1, -0.05) is 11.6 Å². The van der Waals surface area contributed by atoms with Crippen LogP contribution in [-0.4, -0.2) is 30.6 Å². The van der Waals surface area contributed by atoms with Gasteiger partial charge < -0.3 is 20.5 Å². The van der Waals surface area contributed by atoms with Gasteiger partial charge in [0, 0.05) is 28.4 Å². The molecule has 1 saturated carbocycles. The molecule has 0 saturated heterocycles. The van der Waals surface area contributed by atoms with Crippen molar-refractivity contribution >= 4 is 29.2 Å². The first-order valence-electron chi connectivity index (χ1n) is 11.0. The van der Waals surface area contributed by atoms with Gasteiger partial charge in [0.15, 0.2) is 0 Å². The number of rotatable bonds is 8. The molecule has 0 heterocycles. The van der Waals surface area contributed by atoms with Gasteiger partial charge in [0.1, 0.15) is 5.75 Å². The number of hydrogen-bond acceptors (Lipinski definition) is 4. The summed E-state index contributed by atoms with van der Waals surface area (Å²) in [6, 6.07) is 11.1. The predicted molar refractivity (Wildman–Crippen MR) is 127 cm³/mol. The van der Waals surface area contributed by atoms with Crippen LogP contribution in [0.2, 0.25) is 5.02 Å². The fourth-order valence-electron chi connectivity index (χ4n) is 4.27. The molecule has 0 unspecified atom stereocenters. The molecule has 1 amide bonds. The second-order valence-corrected chi connectivity index (χ2v) is 8.98. The molecule has 0 radical (unpaired) electrons. The molecule has 172 valence electrons.